The second kappa shape index (κ2) is 4.23. The number of nitrogens with two attached hydrogens (primary N) is 1. The van der Waals surface area contributed by atoms with Gasteiger partial charge in [0.15, 0.2) is 9.84 Å². The van der Waals surface area contributed by atoms with E-state index >= 15 is 0 Å². The molecule has 1 aromatic rings. The van der Waals surface area contributed by atoms with Crippen molar-refractivity contribution in [3.8, 4) is 6.07 Å². The fourth-order valence-corrected chi connectivity index (χ4v) is 4.31. The van der Waals surface area contributed by atoms with Crippen molar-refractivity contribution in [1.29, 1.82) is 5.26 Å². The van der Waals surface area contributed by atoms with Crippen LogP contribution in [0.5, 0.6) is 0 Å². The minimum Gasteiger partial charge on any atom is -0.312 e. The summed E-state index contributed by atoms with van der Waals surface area (Å²) in [4.78, 5) is 0. The molecule has 1 saturated carbocycles. The highest BCUT2D eigenvalue weighted by Gasteiger charge is 2.69. The summed E-state index contributed by atoms with van der Waals surface area (Å²) >= 11 is 5.78. The molecule has 3 atom stereocenters. The molecular formula is C12H13ClN2O2S. The van der Waals surface area contributed by atoms with Crippen LogP contribution in [0.2, 0.25) is 5.02 Å². The van der Waals surface area contributed by atoms with Crippen molar-refractivity contribution in [2.75, 3.05) is 5.75 Å². The first-order chi connectivity index (χ1) is 8.36. The number of hydrogen-bond donors (Lipinski definition) is 1. The first-order valence-electron chi connectivity index (χ1n) is 5.54. The van der Waals surface area contributed by atoms with E-state index in [0.717, 1.165) is 5.56 Å². The van der Waals surface area contributed by atoms with E-state index in [0.29, 0.717) is 5.02 Å². The molecule has 0 bridgehead atoms. The highest BCUT2D eigenvalue weighted by atomic mass is 35.5. The molecule has 4 nitrogen and oxygen atoms in total. The topological polar surface area (TPSA) is 83.9 Å². The van der Waals surface area contributed by atoms with Gasteiger partial charge in [-0.2, -0.15) is 5.26 Å². The number of sulfone groups is 1. The molecular weight excluding hydrogens is 272 g/mol. The number of nitriles is 1. The summed E-state index contributed by atoms with van der Waals surface area (Å²) in [5.74, 6) is -0.479. The number of halogens is 1. The quantitative estimate of drug-likeness (QED) is 0.911. The van der Waals surface area contributed by atoms with Gasteiger partial charge in [-0.3, -0.25) is 0 Å². The zero-order chi connectivity index (χ0) is 13.6. The summed E-state index contributed by atoms with van der Waals surface area (Å²) in [5, 5.41) is 8.86. The van der Waals surface area contributed by atoms with Crippen molar-refractivity contribution in [2.24, 2.45) is 5.73 Å². The van der Waals surface area contributed by atoms with Crippen molar-refractivity contribution >= 4 is 21.4 Å². The lowest BCUT2D eigenvalue weighted by atomic mass is 10.1. The van der Waals surface area contributed by atoms with Crippen molar-refractivity contribution in [3.63, 3.8) is 0 Å². The summed E-state index contributed by atoms with van der Waals surface area (Å²) in [7, 11) is -3.33. The molecule has 1 aliphatic rings. The Morgan fingerprint density at radius 3 is 2.44 bits per heavy atom. The van der Waals surface area contributed by atoms with E-state index in [-0.39, 0.29) is 5.75 Å². The largest absolute Gasteiger partial charge is 0.312 e. The van der Waals surface area contributed by atoms with E-state index in [9.17, 15) is 8.42 Å². The van der Waals surface area contributed by atoms with E-state index < -0.39 is 26.5 Å². The van der Waals surface area contributed by atoms with E-state index in [1.54, 1.807) is 31.2 Å². The Hall–Kier alpha value is -1.09. The van der Waals surface area contributed by atoms with Crippen LogP contribution in [0, 0.1) is 11.3 Å². The van der Waals surface area contributed by atoms with Gasteiger partial charge in [0, 0.05) is 16.7 Å². The van der Waals surface area contributed by atoms with Crippen LogP contribution < -0.4 is 5.73 Å². The zero-order valence-electron chi connectivity index (χ0n) is 9.80. The average molecular weight is 285 g/mol. The summed E-state index contributed by atoms with van der Waals surface area (Å²) in [6, 6.07) is 8.71. The molecule has 96 valence electrons. The summed E-state index contributed by atoms with van der Waals surface area (Å²) < 4.78 is 23.9. The maximum absolute atomic E-state index is 11.9. The van der Waals surface area contributed by atoms with Gasteiger partial charge in [0.05, 0.1) is 6.07 Å². The van der Waals surface area contributed by atoms with Crippen LogP contribution in [0.3, 0.4) is 0 Å². The highest BCUT2D eigenvalue weighted by Crippen LogP contribution is 2.53. The third-order valence-corrected chi connectivity index (χ3v) is 5.88. The summed E-state index contributed by atoms with van der Waals surface area (Å²) in [5.41, 5.74) is 5.32. The van der Waals surface area contributed by atoms with E-state index in [1.165, 1.54) is 0 Å². The van der Waals surface area contributed by atoms with Gasteiger partial charge >= 0.3 is 0 Å². The second-order valence-electron chi connectivity index (χ2n) is 4.45. The van der Waals surface area contributed by atoms with Gasteiger partial charge < -0.3 is 5.73 Å². The van der Waals surface area contributed by atoms with Gasteiger partial charge in [-0.1, -0.05) is 30.7 Å². The van der Waals surface area contributed by atoms with Crippen molar-refractivity contribution in [2.45, 2.75) is 23.6 Å². The molecule has 1 aliphatic carbocycles. The first-order valence-corrected chi connectivity index (χ1v) is 7.63. The normalized spacial score (nSPS) is 30.8. The van der Waals surface area contributed by atoms with E-state index in [1.807, 2.05) is 6.07 Å². The van der Waals surface area contributed by atoms with Crippen LogP contribution in [0.1, 0.15) is 18.4 Å². The number of hydrogen-bond acceptors (Lipinski definition) is 4. The molecule has 1 fully saturated rings. The van der Waals surface area contributed by atoms with Crippen molar-refractivity contribution in [3.05, 3.63) is 34.9 Å². The third kappa shape index (κ3) is 1.91. The molecule has 0 radical (unpaired) electrons. The fourth-order valence-electron chi connectivity index (χ4n) is 2.31. The van der Waals surface area contributed by atoms with Crippen molar-refractivity contribution in [1.82, 2.24) is 0 Å². The van der Waals surface area contributed by atoms with Crippen LogP contribution in [0.4, 0.5) is 0 Å². The minimum absolute atomic E-state index is 0.0115. The van der Waals surface area contributed by atoms with Gasteiger partial charge in [-0.15, -0.1) is 0 Å². The lowest BCUT2D eigenvalue weighted by molar-refractivity contribution is 0.593. The average Bonchev–Trinajstić information content (AvgIpc) is 2.98. The molecule has 1 aromatic carbocycles. The highest BCUT2D eigenvalue weighted by molar-refractivity contribution is 7.92. The van der Waals surface area contributed by atoms with Crippen LogP contribution >= 0.6 is 11.6 Å². The van der Waals surface area contributed by atoms with Gasteiger partial charge in [0.25, 0.3) is 0 Å². The minimum atomic E-state index is -3.33. The predicted molar refractivity (Wildman–Crippen MR) is 70.0 cm³/mol. The smallest absolute Gasteiger partial charge is 0.156 e. The Morgan fingerprint density at radius 2 is 2.00 bits per heavy atom. The fraction of sp³-hybridized carbons (Fsp3) is 0.417. The molecule has 0 unspecified atom stereocenters. The number of nitrogens with zero attached hydrogens (tertiary/aromatic N) is 1. The molecule has 0 aliphatic heterocycles. The summed E-state index contributed by atoms with van der Waals surface area (Å²) in [6.45, 7) is 1.56. The van der Waals surface area contributed by atoms with E-state index in [2.05, 4.69) is 0 Å². The van der Waals surface area contributed by atoms with Crippen LogP contribution in [-0.4, -0.2) is 25.0 Å². The Labute approximate surface area is 111 Å². The third-order valence-electron chi connectivity index (χ3n) is 3.39. The lowest BCUT2D eigenvalue weighted by Gasteiger charge is -2.00. The van der Waals surface area contributed by atoms with Gasteiger partial charge in [-0.25, -0.2) is 8.42 Å². The standard InChI is InChI=1S/C12H13ClN2O2S/c1-2-18(16,17)11-10(12(11,15)7-14)8-3-5-9(13)6-4-8/h3-6,10-11H,2,15H2,1H3/t10-,11+,12-/m0/s1. The maximum atomic E-state index is 11.9. The molecule has 2 rings (SSSR count). The molecule has 6 heteroatoms. The van der Waals surface area contributed by atoms with E-state index in [4.69, 9.17) is 22.6 Å². The molecule has 18 heavy (non-hydrogen) atoms. The van der Waals surface area contributed by atoms with Crippen LogP contribution in [-0.2, 0) is 9.84 Å². The molecule has 0 spiro atoms. The second-order valence-corrected chi connectivity index (χ2v) is 7.29. The first kappa shape index (κ1) is 13.3. The molecule has 0 heterocycles. The van der Waals surface area contributed by atoms with Gasteiger partial charge in [-0.05, 0) is 17.7 Å². The van der Waals surface area contributed by atoms with Gasteiger partial charge in [0.2, 0.25) is 0 Å². The Bertz CT molecular complexity index is 606. The van der Waals surface area contributed by atoms with Crippen LogP contribution in [0.25, 0.3) is 0 Å². The maximum Gasteiger partial charge on any atom is 0.156 e. The Kier molecular flexibility index (Phi) is 3.14. The Morgan fingerprint density at radius 1 is 1.44 bits per heavy atom. The zero-order valence-corrected chi connectivity index (χ0v) is 11.4. The monoisotopic (exact) mass is 284 g/mol. The number of rotatable bonds is 3. The molecule has 0 amide bonds. The lowest BCUT2D eigenvalue weighted by Crippen LogP contribution is -2.29. The Balaban J connectivity index is 2.41. The summed E-state index contributed by atoms with van der Waals surface area (Å²) in [6.07, 6.45) is 0. The molecule has 2 N–H and O–H groups in total. The molecule has 0 aromatic heterocycles. The van der Waals surface area contributed by atoms with Crippen LogP contribution in [0.15, 0.2) is 24.3 Å². The number of benzene rings is 1. The predicted octanol–water partition coefficient (Wildman–Crippen LogP) is 1.46. The SMILES string of the molecule is CCS(=O)(=O)[C@@H]1[C@H](c2ccc(Cl)cc2)[C@@]1(N)C#N. The van der Waals surface area contributed by atoms with Gasteiger partial charge in [0.1, 0.15) is 10.8 Å². The molecule has 0 saturated heterocycles. The van der Waals surface area contributed by atoms with Crippen molar-refractivity contribution < 1.29 is 8.42 Å².